The fourth-order valence-corrected chi connectivity index (χ4v) is 3.10. The van der Waals surface area contributed by atoms with E-state index in [9.17, 15) is 14.4 Å². The zero-order valence-corrected chi connectivity index (χ0v) is 15.7. The molecule has 3 amide bonds. The summed E-state index contributed by atoms with van der Waals surface area (Å²) in [5, 5.41) is 2.85. The standard InChI is InChI=1S/C21H23N3O4/c1-2-20(26)24-11-9-14-13-15(3-8-18(14)24)21(27)23-16-4-6-17(7-5-16)28-12-10-19(22)25/h3-8,13H,2,9-12H2,1H3,(H2,22,25)(H,23,27). The van der Waals surface area contributed by atoms with Gasteiger partial charge < -0.3 is 20.7 Å². The number of hydrogen-bond acceptors (Lipinski definition) is 4. The summed E-state index contributed by atoms with van der Waals surface area (Å²) < 4.78 is 5.40. The molecule has 1 aliphatic rings. The van der Waals surface area contributed by atoms with Crippen LogP contribution in [0.1, 0.15) is 35.7 Å². The van der Waals surface area contributed by atoms with Crippen molar-refractivity contribution in [2.75, 3.05) is 23.4 Å². The van der Waals surface area contributed by atoms with Crippen LogP contribution in [-0.2, 0) is 16.0 Å². The molecule has 0 unspecified atom stereocenters. The molecule has 0 atom stereocenters. The van der Waals surface area contributed by atoms with E-state index in [1.165, 1.54) is 0 Å². The Kier molecular flexibility index (Phi) is 5.93. The summed E-state index contributed by atoms with van der Waals surface area (Å²) in [6.07, 6.45) is 1.36. The van der Waals surface area contributed by atoms with Crippen LogP contribution in [0, 0.1) is 0 Å². The van der Waals surface area contributed by atoms with Gasteiger partial charge in [0.1, 0.15) is 5.75 Å². The number of ether oxygens (including phenoxy) is 1. The molecule has 0 radical (unpaired) electrons. The first-order chi connectivity index (χ1) is 13.5. The van der Waals surface area contributed by atoms with E-state index in [4.69, 9.17) is 10.5 Å². The quantitative estimate of drug-likeness (QED) is 0.769. The molecule has 146 valence electrons. The molecule has 3 N–H and O–H groups in total. The van der Waals surface area contributed by atoms with E-state index in [1.54, 1.807) is 35.2 Å². The van der Waals surface area contributed by atoms with Crippen LogP contribution in [0.4, 0.5) is 11.4 Å². The van der Waals surface area contributed by atoms with Crippen LogP contribution in [0.25, 0.3) is 0 Å². The first-order valence-electron chi connectivity index (χ1n) is 9.23. The van der Waals surface area contributed by atoms with Crippen molar-refractivity contribution in [3.8, 4) is 5.75 Å². The Balaban J connectivity index is 1.62. The van der Waals surface area contributed by atoms with Gasteiger partial charge in [-0.05, 0) is 54.4 Å². The smallest absolute Gasteiger partial charge is 0.255 e. The summed E-state index contributed by atoms with van der Waals surface area (Å²) in [6.45, 7) is 2.72. The fraction of sp³-hybridized carbons (Fsp3) is 0.286. The molecule has 1 aliphatic heterocycles. The van der Waals surface area contributed by atoms with Crippen molar-refractivity contribution in [1.29, 1.82) is 0 Å². The van der Waals surface area contributed by atoms with E-state index in [1.807, 2.05) is 19.1 Å². The average Bonchev–Trinajstić information content (AvgIpc) is 3.11. The molecule has 3 rings (SSSR count). The molecular formula is C21H23N3O4. The highest BCUT2D eigenvalue weighted by Crippen LogP contribution is 2.29. The lowest BCUT2D eigenvalue weighted by Crippen LogP contribution is -2.27. The van der Waals surface area contributed by atoms with E-state index >= 15 is 0 Å². The summed E-state index contributed by atoms with van der Waals surface area (Å²) in [5.41, 5.74) is 8.15. The summed E-state index contributed by atoms with van der Waals surface area (Å²) in [4.78, 5) is 37.0. The highest BCUT2D eigenvalue weighted by molar-refractivity contribution is 6.05. The van der Waals surface area contributed by atoms with Crippen LogP contribution < -0.4 is 20.7 Å². The number of anilines is 2. The van der Waals surface area contributed by atoms with E-state index < -0.39 is 5.91 Å². The monoisotopic (exact) mass is 381 g/mol. The third-order valence-electron chi connectivity index (χ3n) is 4.57. The molecule has 28 heavy (non-hydrogen) atoms. The molecule has 0 saturated heterocycles. The Labute approximate surface area is 163 Å². The Morgan fingerprint density at radius 3 is 2.57 bits per heavy atom. The summed E-state index contributed by atoms with van der Waals surface area (Å²) >= 11 is 0. The van der Waals surface area contributed by atoms with Gasteiger partial charge in [0.25, 0.3) is 5.91 Å². The number of nitrogens with zero attached hydrogens (tertiary/aromatic N) is 1. The predicted octanol–water partition coefficient (Wildman–Crippen LogP) is 2.49. The number of amides is 3. The number of hydrogen-bond donors (Lipinski definition) is 2. The molecule has 0 spiro atoms. The van der Waals surface area contributed by atoms with Gasteiger partial charge in [-0.25, -0.2) is 0 Å². The van der Waals surface area contributed by atoms with Gasteiger partial charge in [0.15, 0.2) is 0 Å². The number of nitrogens with two attached hydrogens (primary N) is 1. The Hall–Kier alpha value is -3.35. The minimum absolute atomic E-state index is 0.0917. The maximum absolute atomic E-state index is 12.5. The van der Waals surface area contributed by atoms with Gasteiger partial charge in [0.05, 0.1) is 13.0 Å². The molecule has 0 aromatic heterocycles. The first kappa shape index (κ1) is 19.4. The van der Waals surface area contributed by atoms with Crippen molar-refractivity contribution in [2.24, 2.45) is 5.73 Å². The lowest BCUT2D eigenvalue weighted by atomic mass is 10.1. The molecule has 0 fully saturated rings. The Morgan fingerprint density at radius 2 is 1.89 bits per heavy atom. The second-order valence-corrected chi connectivity index (χ2v) is 6.54. The van der Waals surface area contributed by atoms with Crippen LogP contribution in [0.5, 0.6) is 5.75 Å². The van der Waals surface area contributed by atoms with Crippen molar-refractivity contribution in [3.05, 3.63) is 53.6 Å². The summed E-state index contributed by atoms with van der Waals surface area (Å²) in [7, 11) is 0. The Morgan fingerprint density at radius 1 is 1.14 bits per heavy atom. The summed E-state index contributed by atoms with van der Waals surface area (Å²) in [5.74, 6) is 0.0532. The molecule has 0 bridgehead atoms. The number of benzene rings is 2. The second kappa shape index (κ2) is 8.56. The molecule has 0 saturated carbocycles. The molecule has 7 nitrogen and oxygen atoms in total. The van der Waals surface area contributed by atoms with Gasteiger partial charge in [-0.2, -0.15) is 0 Å². The molecule has 7 heteroatoms. The van der Waals surface area contributed by atoms with Gasteiger partial charge >= 0.3 is 0 Å². The third kappa shape index (κ3) is 4.49. The lowest BCUT2D eigenvalue weighted by Gasteiger charge is -2.16. The first-order valence-corrected chi connectivity index (χ1v) is 9.23. The van der Waals surface area contributed by atoms with Crippen molar-refractivity contribution in [2.45, 2.75) is 26.2 Å². The van der Waals surface area contributed by atoms with Crippen molar-refractivity contribution in [1.82, 2.24) is 0 Å². The van der Waals surface area contributed by atoms with Crippen LogP contribution in [0.2, 0.25) is 0 Å². The summed E-state index contributed by atoms with van der Waals surface area (Å²) in [6, 6.07) is 12.3. The lowest BCUT2D eigenvalue weighted by molar-refractivity contribution is -0.119. The molecule has 2 aromatic rings. The fourth-order valence-electron chi connectivity index (χ4n) is 3.10. The molecule has 0 aliphatic carbocycles. The van der Waals surface area contributed by atoms with Crippen molar-refractivity contribution < 1.29 is 19.1 Å². The van der Waals surface area contributed by atoms with Crippen LogP contribution in [0.3, 0.4) is 0 Å². The van der Waals surface area contributed by atoms with Gasteiger partial charge in [0.2, 0.25) is 11.8 Å². The van der Waals surface area contributed by atoms with E-state index in [2.05, 4.69) is 5.32 Å². The number of primary amides is 1. The Bertz CT molecular complexity index is 893. The van der Waals surface area contributed by atoms with Gasteiger partial charge in [-0.3, -0.25) is 14.4 Å². The third-order valence-corrected chi connectivity index (χ3v) is 4.57. The van der Waals surface area contributed by atoms with Gasteiger partial charge in [-0.1, -0.05) is 6.92 Å². The largest absolute Gasteiger partial charge is 0.493 e. The maximum atomic E-state index is 12.5. The molecule has 1 heterocycles. The molecule has 2 aromatic carbocycles. The second-order valence-electron chi connectivity index (χ2n) is 6.54. The highest BCUT2D eigenvalue weighted by atomic mass is 16.5. The number of rotatable bonds is 7. The van der Waals surface area contributed by atoms with E-state index in [-0.39, 0.29) is 24.8 Å². The average molecular weight is 381 g/mol. The normalized spacial score (nSPS) is 12.4. The highest BCUT2D eigenvalue weighted by Gasteiger charge is 2.24. The predicted molar refractivity (Wildman–Crippen MR) is 106 cm³/mol. The maximum Gasteiger partial charge on any atom is 0.255 e. The van der Waals surface area contributed by atoms with Crippen molar-refractivity contribution in [3.63, 3.8) is 0 Å². The van der Waals surface area contributed by atoms with Crippen LogP contribution >= 0.6 is 0 Å². The van der Waals surface area contributed by atoms with Gasteiger partial charge in [0, 0.05) is 29.9 Å². The van der Waals surface area contributed by atoms with Crippen LogP contribution in [-0.4, -0.2) is 30.9 Å². The minimum atomic E-state index is -0.416. The van der Waals surface area contributed by atoms with E-state index in [0.29, 0.717) is 30.0 Å². The zero-order valence-electron chi connectivity index (χ0n) is 15.7. The zero-order chi connectivity index (χ0) is 20.1. The number of fused-ring (bicyclic) bond motifs is 1. The number of carbonyl (C=O) groups is 3. The van der Waals surface area contributed by atoms with E-state index in [0.717, 1.165) is 17.7 Å². The number of nitrogens with one attached hydrogen (secondary N) is 1. The number of carbonyl (C=O) groups excluding carboxylic acids is 3. The van der Waals surface area contributed by atoms with Crippen LogP contribution in [0.15, 0.2) is 42.5 Å². The van der Waals surface area contributed by atoms with Crippen molar-refractivity contribution >= 4 is 29.1 Å². The molecular weight excluding hydrogens is 358 g/mol. The SMILES string of the molecule is CCC(=O)N1CCc2cc(C(=O)Nc3ccc(OCCC(N)=O)cc3)ccc21. The topological polar surface area (TPSA) is 102 Å². The van der Waals surface area contributed by atoms with Gasteiger partial charge in [-0.15, -0.1) is 0 Å². The minimum Gasteiger partial charge on any atom is -0.493 e.